The van der Waals surface area contributed by atoms with Gasteiger partial charge in [0.25, 0.3) is 5.91 Å². The first-order valence-electron chi connectivity index (χ1n) is 11.3. The van der Waals surface area contributed by atoms with E-state index in [1.807, 2.05) is 66.4 Å². The van der Waals surface area contributed by atoms with Gasteiger partial charge in [-0.3, -0.25) is 9.59 Å². The molecule has 0 saturated carbocycles. The van der Waals surface area contributed by atoms with E-state index in [0.29, 0.717) is 24.5 Å². The van der Waals surface area contributed by atoms with Crippen LogP contribution in [0.2, 0.25) is 0 Å². The van der Waals surface area contributed by atoms with Crippen LogP contribution in [0.4, 0.5) is 0 Å². The quantitative estimate of drug-likeness (QED) is 0.533. The zero-order valence-electron chi connectivity index (χ0n) is 18.7. The highest BCUT2D eigenvalue weighted by Gasteiger charge is 2.30. The summed E-state index contributed by atoms with van der Waals surface area (Å²) in [6.07, 6.45) is 1.86. The van der Waals surface area contributed by atoms with Crippen molar-refractivity contribution in [2.45, 2.75) is 25.8 Å². The zero-order valence-corrected chi connectivity index (χ0v) is 18.7. The maximum Gasteiger partial charge on any atom is 0.251 e. The van der Waals surface area contributed by atoms with Crippen LogP contribution in [0.3, 0.4) is 0 Å². The molecule has 2 amide bonds. The number of para-hydroxylation sites is 1. The summed E-state index contributed by atoms with van der Waals surface area (Å²) in [7, 11) is 0. The van der Waals surface area contributed by atoms with Gasteiger partial charge in [-0.1, -0.05) is 30.3 Å². The van der Waals surface area contributed by atoms with Gasteiger partial charge in [-0.15, -0.1) is 0 Å². The third kappa shape index (κ3) is 5.71. The molecule has 1 N–H and O–H groups in total. The van der Waals surface area contributed by atoms with Gasteiger partial charge in [0.2, 0.25) is 5.91 Å². The van der Waals surface area contributed by atoms with Gasteiger partial charge in [-0.05, 0) is 73.9 Å². The summed E-state index contributed by atoms with van der Waals surface area (Å²) in [6.45, 7) is 3.23. The molecule has 0 aliphatic carbocycles. The third-order valence-corrected chi connectivity index (χ3v) is 5.64. The number of hydrogen-bond acceptors (Lipinski definition) is 4. The van der Waals surface area contributed by atoms with Crippen molar-refractivity contribution in [3.8, 4) is 17.2 Å². The predicted molar refractivity (Wildman–Crippen MR) is 127 cm³/mol. The molecule has 1 aliphatic heterocycles. The average Bonchev–Trinajstić information content (AvgIpc) is 3.34. The molecule has 6 heteroatoms. The van der Waals surface area contributed by atoms with Gasteiger partial charge in [-0.25, -0.2) is 0 Å². The summed E-state index contributed by atoms with van der Waals surface area (Å²) in [5, 5.41) is 2.75. The second-order valence-electron chi connectivity index (χ2n) is 7.87. The van der Waals surface area contributed by atoms with Crippen molar-refractivity contribution in [2.24, 2.45) is 0 Å². The molecule has 6 nitrogen and oxygen atoms in total. The molecule has 1 aliphatic rings. The Hall–Kier alpha value is -3.80. The van der Waals surface area contributed by atoms with E-state index in [9.17, 15) is 9.59 Å². The lowest BCUT2D eigenvalue weighted by Crippen LogP contribution is -2.39. The van der Waals surface area contributed by atoms with Crippen molar-refractivity contribution in [3.63, 3.8) is 0 Å². The standard InChI is InChI=1S/C27H28N2O4/c1-2-32-22-14-10-20(11-15-22)25-9-6-18-29(25)26(30)19-28-27(31)21-12-16-24(17-13-21)33-23-7-4-3-5-8-23/h3-5,7-8,10-17,25H,2,6,9,18-19H2,1H3,(H,28,31)/t25-/m1/s1. The number of benzene rings is 3. The maximum atomic E-state index is 12.9. The summed E-state index contributed by atoms with van der Waals surface area (Å²) < 4.78 is 11.3. The molecule has 1 atom stereocenters. The average molecular weight is 445 g/mol. The minimum Gasteiger partial charge on any atom is -0.494 e. The van der Waals surface area contributed by atoms with Crippen molar-refractivity contribution >= 4 is 11.8 Å². The Kier molecular flexibility index (Phi) is 7.25. The van der Waals surface area contributed by atoms with Gasteiger partial charge >= 0.3 is 0 Å². The molecule has 0 radical (unpaired) electrons. The normalized spacial score (nSPS) is 15.2. The molecule has 1 fully saturated rings. The number of carbonyl (C=O) groups is 2. The lowest BCUT2D eigenvalue weighted by Gasteiger charge is -2.25. The van der Waals surface area contributed by atoms with Crippen molar-refractivity contribution in [1.82, 2.24) is 10.2 Å². The highest BCUT2D eigenvalue weighted by atomic mass is 16.5. The molecular formula is C27H28N2O4. The van der Waals surface area contributed by atoms with Crippen molar-refractivity contribution in [1.29, 1.82) is 0 Å². The van der Waals surface area contributed by atoms with Gasteiger partial charge in [0, 0.05) is 12.1 Å². The van der Waals surface area contributed by atoms with Gasteiger partial charge in [-0.2, -0.15) is 0 Å². The van der Waals surface area contributed by atoms with Crippen LogP contribution in [0.1, 0.15) is 41.7 Å². The second-order valence-corrected chi connectivity index (χ2v) is 7.87. The molecule has 0 aromatic heterocycles. The van der Waals surface area contributed by atoms with Crippen LogP contribution in [0.5, 0.6) is 17.2 Å². The predicted octanol–water partition coefficient (Wildman–Crippen LogP) is 4.97. The molecule has 0 spiro atoms. The van der Waals surface area contributed by atoms with E-state index >= 15 is 0 Å². The molecule has 0 bridgehead atoms. The van der Waals surface area contributed by atoms with E-state index in [4.69, 9.17) is 9.47 Å². The molecule has 4 rings (SSSR count). The summed E-state index contributed by atoms with van der Waals surface area (Å²) in [4.78, 5) is 27.3. The van der Waals surface area contributed by atoms with Crippen LogP contribution < -0.4 is 14.8 Å². The van der Waals surface area contributed by atoms with E-state index in [1.54, 1.807) is 24.3 Å². The minimum atomic E-state index is -0.286. The van der Waals surface area contributed by atoms with Crippen LogP contribution in [0.25, 0.3) is 0 Å². The van der Waals surface area contributed by atoms with Crippen molar-refractivity contribution in [3.05, 3.63) is 90.0 Å². The number of hydrogen-bond donors (Lipinski definition) is 1. The Morgan fingerprint density at radius 2 is 1.58 bits per heavy atom. The van der Waals surface area contributed by atoms with Crippen molar-refractivity contribution in [2.75, 3.05) is 19.7 Å². The minimum absolute atomic E-state index is 0.0273. The number of likely N-dealkylation sites (tertiary alicyclic amines) is 1. The van der Waals surface area contributed by atoms with Crippen LogP contribution in [-0.2, 0) is 4.79 Å². The number of amides is 2. The molecule has 1 heterocycles. The van der Waals surface area contributed by atoms with Gasteiger partial charge in [0.1, 0.15) is 17.2 Å². The monoisotopic (exact) mass is 444 g/mol. The lowest BCUT2D eigenvalue weighted by atomic mass is 10.0. The van der Waals surface area contributed by atoms with E-state index in [-0.39, 0.29) is 24.4 Å². The van der Waals surface area contributed by atoms with Crippen LogP contribution >= 0.6 is 0 Å². The number of nitrogens with zero attached hydrogens (tertiary/aromatic N) is 1. The zero-order chi connectivity index (χ0) is 23.0. The van der Waals surface area contributed by atoms with Crippen LogP contribution in [-0.4, -0.2) is 36.4 Å². The Labute approximate surface area is 194 Å². The summed E-state index contributed by atoms with van der Waals surface area (Å²) >= 11 is 0. The first-order chi connectivity index (χ1) is 16.1. The molecule has 33 heavy (non-hydrogen) atoms. The maximum absolute atomic E-state index is 12.9. The Morgan fingerprint density at radius 3 is 2.27 bits per heavy atom. The van der Waals surface area contributed by atoms with E-state index in [1.165, 1.54) is 0 Å². The molecule has 170 valence electrons. The molecular weight excluding hydrogens is 416 g/mol. The Balaban J connectivity index is 1.31. The first kappa shape index (κ1) is 22.4. The fourth-order valence-corrected chi connectivity index (χ4v) is 4.02. The summed E-state index contributed by atoms with van der Waals surface area (Å²) in [6, 6.07) is 24.2. The first-order valence-corrected chi connectivity index (χ1v) is 11.3. The second kappa shape index (κ2) is 10.7. The van der Waals surface area contributed by atoms with E-state index in [0.717, 1.165) is 29.9 Å². The number of carbonyl (C=O) groups excluding carboxylic acids is 2. The molecule has 3 aromatic rings. The Bertz CT molecular complexity index is 1070. The van der Waals surface area contributed by atoms with Gasteiger partial charge in [0.15, 0.2) is 0 Å². The third-order valence-electron chi connectivity index (χ3n) is 5.64. The largest absolute Gasteiger partial charge is 0.494 e. The molecule has 0 unspecified atom stereocenters. The van der Waals surface area contributed by atoms with Crippen molar-refractivity contribution < 1.29 is 19.1 Å². The van der Waals surface area contributed by atoms with E-state index in [2.05, 4.69) is 5.32 Å². The highest BCUT2D eigenvalue weighted by molar-refractivity contribution is 5.96. The number of rotatable bonds is 8. The highest BCUT2D eigenvalue weighted by Crippen LogP contribution is 2.32. The lowest BCUT2D eigenvalue weighted by molar-refractivity contribution is -0.131. The van der Waals surface area contributed by atoms with Gasteiger partial charge in [0.05, 0.1) is 19.2 Å². The topological polar surface area (TPSA) is 67.9 Å². The van der Waals surface area contributed by atoms with E-state index < -0.39 is 0 Å². The SMILES string of the molecule is CCOc1ccc([C@H]2CCCN2C(=O)CNC(=O)c2ccc(Oc3ccccc3)cc2)cc1. The number of nitrogens with one attached hydrogen (secondary N) is 1. The molecule has 3 aromatic carbocycles. The Morgan fingerprint density at radius 1 is 0.909 bits per heavy atom. The van der Waals surface area contributed by atoms with Crippen LogP contribution in [0.15, 0.2) is 78.9 Å². The smallest absolute Gasteiger partial charge is 0.251 e. The van der Waals surface area contributed by atoms with Gasteiger partial charge < -0.3 is 19.7 Å². The summed E-state index contributed by atoms with van der Waals surface area (Å²) in [5.74, 6) is 1.83. The summed E-state index contributed by atoms with van der Waals surface area (Å²) in [5.41, 5.74) is 1.57. The van der Waals surface area contributed by atoms with Crippen LogP contribution in [0, 0.1) is 0 Å². The fraction of sp³-hybridized carbons (Fsp3) is 0.259. The molecule has 1 saturated heterocycles. The fourth-order valence-electron chi connectivity index (χ4n) is 4.02. The number of ether oxygens (including phenoxy) is 2.